The molecule has 1 aromatic carbocycles. The first-order valence-corrected chi connectivity index (χ1v) is 4.12. The Bertz CT molecular complexity index is 412. The summed E-state index contributed by atoms with van der Waals surface area (Å²) in [6, 6.07) is 5.00. The maximum Gasteiger partial charge on any atom is 0.134 e. The van der Waals surface area contributed by atoms with Gasteiger partial charge >= 0.3 is 0 Å². The van der Waals surface area contributed by atoms with Crippen LogP contribution in [-0.2, 0) is 0 Å². The minimum Gasteiger partial charge on any atom is -0.506 e. The molecule has 66 valence electrons. The van der Waals surface area contributed by atoms with E-state index >= 15 is 0 Å². The van der Waals surface area contributed by atoms with Crippen LogP contribution in [0.5, 0.6) is 5.75 Å². The molecule has 0 saturated heterocycles. The quantitative estimate of drug-likeness (QED) is 0.756. The highest BCUT2D eigenvalue weighted by molar-refractivity contribution is 6.32. The van der Waals surface area contributed by atoms with E-state index in [9.17, 15) is 5.11 Å². The molecule has 0 amide bonds. The fourth-order valence-electron chi connectivity index (χ4n) is 1.07. The Morgan fingerprint density at radius 2 is 2.23 bits per heavy atom. The summed E-state index contributed by atoms with van der Waals surface area (Å²) < 4.78 is 1.81. The number of hydrogen-bond acceptors (Lipinski definition) is 2. The molecule has 1 heterocycles. The Balaban J connectivity index is 2.49. The van der Waals surface area contributed by atoms with E-state index in [0.717, 1.165) is 5.69 Å². The summed E-state index contributed by atoms with van der Waals surface area (Å²) in [6.45, 7) is 0. The number of phenols is 1. The summed E-state index contributed by atoms with van der Waals surface area (Å²) in [6.07, 6.45) is 5.16. The van der Waals surface area contributed by atoms with E-state index in [1.165, 1.54) is 0 Å². The van der Waals surface area contributed by atoms with Gasteiger partial charge in [0.05, 0.1) is 11.3 Å². The molecule has 0 aliphatic carbocycles. The van der Waals surface area contributed by atoms with Gasteiger partial charge < -0.3 is 9.67 Å². The Morgan fingerprint density at radius 3 is 2.85 bits per heavy atom. The van der Waals surface area contributed by atoms with Crippen molar-refractivity contribution in [3.05, 3.63) is 41.9 Å². The third-order valence-electron chi connectivity index (χ3n) is 1.73. The van der Waals surface area contributed by atoms with Gasteiger partial charge in [-0.1, -0.05) is 11.6 Å². The molecule has 1 aromatic heterocycles. The van der Waals surface area contributed by atoms with Crippen LogP contribution in [0.3, 0.4) is 0 Å². The Hall–Kier alpha value is -1.48. The predicted molar refractivity (Wildman–Crippen MR) is 50.2 cm³/mol. The van der Waals surface area contributed by atoms with Crippen LogP contribution >= 0.6 is 11.6 Å². The van der Waals surface area contributed by atoms with Crippen molar-refractivity contribution < 1.29 is 5.11 Å². The highest BCUT2D eigenvalue weighted by atomic mass is 35.5. The molecule has 0 spiro atoms. The van der Waals surface area contributed by atoms with Crippen LogP contribution in [0, 0.1) is 0 Å². The van der Waals surface area contributed by atoms with Crippen molar-refractivity contribution in [1.82, 2.24) is 9.55 Å². The number of aromatic hydroxyl groups is 1. The van der Waals surface area contributed by atoms with Crippen LogP contribution < -0.4 is 0 Å². The summed E-state index contributed by atoms with van der Waals surface area (Å²) in [5.74, 6) is 0.0885. The first-order valence-electron chi connectivity index (χ1n) is 3.74. The summed E-state index contributed by atoms with van der Waals surface area (Å²) in [4.78, 5) is 3.91. The van der Waals surface area contributed by atoms with Crippen LogP contribution in [0.25, 0.3) is 5.69 Å². The van der Waals surface area contributed by atoms with Crippen LogP contribution in [0.2, 0.25) is 5.02 Å². The molecule has 0 atom stereocenters. The largest absolute Gasteiger partial charge is 0.506 e. The third-order valence-corrected chi connectivity index (χ3v) is 2.04. The molecular formula is C9H7ClN2O. The Labute approximate surface area is 80.2 Å². The van der Waals surface area contributed by atoms with Crippen molar-refractivity contribution in [3.8, 4) is 11.4 Å². The fraction of sp³-hybridized carbons (Fsp3) is 0. The zero-order valence-corrected chi connectivity index (χ0v) is 7.44. The van der Waals surface area contributed by atoms with E-state index < -0.39 is 0 Å². The predicted octanol–water partition coefficient (Wildman–Crippen LogP) is 2.23. The van der Waals surface area contributed by atoms with Gasteiger partial charge in [-0.2, -0.15) is 0 Å². The van der Waals surface area contributed by atoms with Crippen molar-refractivity contribution >= 4 is 11.6 Å². The van der Waals surface area contributed by atoms with E-state index in [1.807, 2.05) is 10.8 Å². The van der Waals surface area contributed by atoms with Crippen molar-refractivity contribution in [3.63, 3.8) is 0 Å². The molecule has 0 aliphatic rings. The van der Waals surface area contributed by atoms with E-state index in [0.29, 0.717) is 5.02 Å². The average molecular weight is 195 g/mol. The van der Waals surface area contributed by atoms with Crippen molar-refractivity contribution in [2.45, 2.75) is 0 Å². The standard InChI is InChI=1S/C9H7ClN2O/c10-8-5-7(1-2-9(8)13)12-4-3-11-6-12/h1-6,13H. The lowest BCUT2D eigenvalue weighted by Crippen LogP contribution is -1.88. The zero-order valence-electron chi connectivity index (χ0n) is 6.68. The normalized spacial score (nSPS) is 10.2. The van der Waals surface area contributed by atoms with E-state index in [1.54, 1.807) is 30.7 Å². The minimum absolute atomic E-state index is 0.0885. The Kier molecular flexibility index (Phi) is 1.94. The molecule has 13 heavy (non-hydrogen) atoms. The topological polar surface area (TPSA) is 38.0 Å². The number of hydrogen-bond donors (Lipinski definition) is 1. The maximum atomic E-state index is 9.18. The number of halogens is 1. The van der Waals surface area contributed by atoms with Gasteiger partial charge in [-0.15, -0.1) is 0 Å². The SMILES string of the molecule is Oc1ccc(-n2ccnc2)cc1Cl. The maximum absolute atomic E-state index is 9.18. The number of phenolic OH excluding ortho intramolecular Hbond substituents is 1. The monoisotopic (exact) mass is 194 g/mol. The highest BCUT2D eigenvalue weighted by Crippen LogP contribution is 2.25. The van der Waals surface area contributed by atoms with Gasteiger partial charge in [-0.05, 0) is 18.2 Å². The second-order valence-electron chi connectivity index (χ2n) is 2.61. The van der Waals surface area contributed by atoms with E-state index in [4.69, 9.17) is 11.6 Å². The van der Waals surface area contributed by atoms with Gasteiger partial charge in [0.1, 0.15) is 5.75 Å². The van der Waals surface area contributed by atoms with Crippen molar-refractivity contribution in [2.24, 2.45) is 0 Å². The number of rotatable bonds is 1. The zero-order chi connectivity index (χ0) is 9.26. The number of aromatic nitrogens is 2. The molecule has 0 aliphatic heterocycles. The van der Waals surface area contributed by atoms with Gasteiger partial charge in [-0.3, -0.25) is 0 Å². The first-order chi connectivity index (χ1) is 6.27. The molecule has 4 heteroatoms. The summed E-state index contributed by atoms with van der Waals surface area (Å²) in [5.41, 5.74) is 0.875. The Morgan fingerprint density at radius 1 is 1.38 bits per heavy atom. The van der Waals surface area contributed by atoms with Gasteiger partial charge in [0.15, 0.2) is 0 Å². The van der Waals surface area contributed by atoms with E-state index in [-0.39, 0.29) is 5.75 Å². The summed E-state index contributed by atoms with van der Waals surface area (Å²) in [7, 11) is 0. The van der Waals surface area contributed by atoms with Crippen LogP contribution in [0.4, 0.5) is 0 Å². The molecule has 2 rings (SSSR count). The number of imidazole rings is 1. The molecule has 0 bridgehead atoms. The molecule has 1 N–H and O–H groups in total. The van der Waals surface area contributed by atoms with Crippen molar-refractivity contribution in [1.29, 1.82) is 0 Å². The van der Waals surface area contributed by atoms with Gasteiger partial charge in [-0.25, -0.2) is 4.98 Å². The fourth-order valence-corrected chi connectivity index (χ4v) is 1.24. The van der Waals surface area contributed by atoms with Crippen molar-refractivity contribution in [2.75, 3.05) is 0 Å². The number of benzene rings is 1. The summed E-state index contributed by atoms with van der Waals surface area (Å²) in [5, 5.41) is 9.52. The highest BCUT2D eigenvalue weighted by Gasteiger charge is 2.00. The second-order valence-corrected chi connectivity index (χ2v) is 3.01. The van der Waals surface area contributed by atoms with E-state index in [2.05, 4.69) is 4.98 Å². The lowest BCUT2D eigenvalue weighted by molar-refractivity contribution is 0.475. The molecule has 2 aromatic rings. The van der Waals surface area contributed by atoms with Crippen LogP contribution in [-0.4, -0.2) is 14.7 Å². The van der Waals surface area contributed by atoms with Crippen LogP contribution in [0.1, 0.15) is 0 Å². The minimum atomic E-state index is 0.0885. The lowest BCUT2D eigenvalue weighted by atomic mass is 10.3. The van der Waals surface area contributed by atoms with Gasteiger partial charge in [0.2, 0.25) is 0 Å². The third kappa shape index (κ3) is 1.51. The molecular weight excluding hydrogens is 188 g/mol. The molecule has 0 radical (unpaired) electrons. The molecule has 0 unspecified atom stereocenters. The molecule has 3 nitrogen and oxygen atoms in total. The lowest BCUT2D eigenvalue weighted by Gasteiger charge is -2.02. The smallest absolute Gasteiger partial charge is 0.134 e. The van der Waals surface area contributed by atoms with Gasteiger partial charge in [0.25, 0.3) is 0 Å². The average Bonchev–Trinajstić information content (AvgIpc) is 2.62. The molecule has 0 fully saturated rings. The second kappa shape index (κ2) is 3.11. The van der Waals surface area contributed by atoms with Gasteiger partial charge in [0, 0.05) is 18.1 Å². The summed E-state index contributed by atoms with van der Waals surface area (Å²) >= 11 is 5.75. The van der Waals surface area contributed by atoms with Crippen LogP contribution in [0.15, 0.2) is 36.9 Å². The molecule has 0 saturated carbocycles. The first kappa shape index (κ1) is 8.13. The number of nitrogens with zero attached hydrogens (tertiary/aromatic N) is 2.